The first-order valence-electron chi connectivity index (χ1n) is 7.97. The number of fused-ring (bicyclic) bond motifs is 1. The molecule has 0 aliphatic rings. The Morgan fingerprint density at radius 3 is 2.48 bits per heavy atom. The third kappa shape index (κ3) is 3.28. The molecule has 1 amide bonds. The van der Waals surface area contributed by atoms with Crippen molar-refractivity contribution in [2.45, 2.75) is 26.8 Å². The number of rotatable bonds is 3. The van der Waals surface area contributed by atoms with Crippen LogP contribution >= 0.6 is 11.6 Å². The van der Waals surface area contributed by atoms with Crippen LogP contribution in [0.1, 0.15) is 35.9 Å². The van der Waals surface area contributed by atoms with Gasteiger partial charge in [0.25, 0.3) is 11.5 Å². The number of carbonyl (C=O) groups is 1. The van der Waals surface area contributed by atoms with Crippen LogP contribution in [0.2, 0.25) is 5.02 Å². The molecule has 0 saturated carbocycles. The molecule has 1 heterocycles. The summed E-state index contributed by atoms with van der Waals surface area (Å²) in [5.74, 6) is -0.384. The molecule has 0 aliphatic heterocycles. The van der Waals surface area contributed by atoms with E-state index in [2.05, 4.69) is 10.4 Å². The predicted octanol–water partition coefficient (Wildman–Crippen LogP) is 4.19. The molecule has 2 aromatic carbocycles. The number of benzene rings is 2. The Balaban J connectivity index is 2.10. The maximum atomic E-state index is 12.8. The highest BCUT2D eigenvalue weighted by Crippen LogP contribution is 2.21. The van der Waals surface area contributed by atoms with Gasteiger partial charge in [-0.15, -0.1) is 0 Å². The van der Waals surface area contributed by atoms with E-state index in [-0.39, 0.29) is 23.2 Å². The van der Waals surface area contributed by atoms with Gasteiger partial charge >= 0.3 is 0 Å². The lowest BCUT2D eigenvalue weighted by atomic mass is 10.1. The Hall–Kier alpha value is -2.66. The second-order valence-corrected chi connectivity index (χ2v) is 6.56. The number of anilines is 1. The standard InChI is InChI=1S/C19H18ClN3O2/c1-11(2)23-19(25)15-7-5-4-6-14(15)17(22-23)18(24)21-13-9-8-12(3)16(20)10-13/h4-11H,1-3H3,(H,21,24). The largest absolute Gasteiger partial charge is 0.321 e. The molecule has 0 bridgehead atoms. The molecule has 3 rings (SSSR count). The molecule has 5 nitrogen and oxygen atoms in total. The quantitative estimate of drug-likeness (QED) is 0.766. The van der Waals surface area contributed by atoms with Gasteiger partial charge < -0.3 is 5.32 Å². The number of hydrogen-bond acceptors (Lipinski definition) is 3. The highest BCUT2D eigenvalue weighted by Gasteiger charge is 2.18. The third-order valence-electron chi connectivity index (χ3n) is 3.96. The number of aryl methyl sites for hydroxylation is 1. The van der Waals surface area contributed by atoms with Crippen molar-refractivity contribution in [1.82, 2.24) is 9.78 Å². The number of aromatic nitrogens is 2. The van der Waals surface area contributed by atoms with Crippen LogP contribution < -0.4 is 10.9 Å². The summed E-state index contributed by atoms with van der Waals surface area (Å²) < 4.78 is 1.33. The lowest BCUT2D eigenvalue weighted by Gasteiger charge is -2.13. The number of carbonyl (C=O) groups excluding carboxylic acids is 1. The second kappa shape index (κ2) is 6.69. The smallest absolute Gasteiger partial charge is 0.276 e. The van der Waals surface area contributed by atoms with Crippen molar-refractivity contribution in [3.8, 4) is 0 Å². The summed E-state index contributed by atoms with van der Waals surface area (Å²) in [4.78, 5) is 25.3. The summed E-state index contributed by atoms with van der Waals surface area (Å²) in [5.41, 5.74) is 1.51. The van der Waals surface area contributed by atoms with Gasteiger partial charge in [0.1, 0.15) is 0 Å². The molecule has 3 aromatic rings. The summed E-state index contributed by atoms with van der Waals surface area (Å²) in [6.45, 7) is 5.59. The Kier molecular flexibility index (Phi) is 4.59. The van der Waals surface area contributed by atoms with Crippen molar-refractivity contribution in [2.75, 3.05) is 5.32 Å². The number of nitrogens with one attached hydrogen (secondary N) is 1. The van der Waals surface area contributed by atoms with Gasteiger partial charge in [0.2, 0.25) is 0 Å². The van der Waals surface area contributed by atoms with Gasteiger partial charge in [-0.2, -0.15) is 5.10 Å². The van der Waals surface area contributed by atoms with Crippen molar-refractivity contribution in [3.05, 3.63) is 69.1 Å². The molecule has 0 aliphatic carbocycles. The van der Waals surface area contributed by atoms with E-state index in [1.54, 1.807) is 36.4 Å². The Morgan fingerprint density at radius 2 is 1.84 bits per heavy atom. The Labute approximate surface area is 150 Å². The molecule has 0 fully saturated rings. The summed E-state index contributed by atoms with van der Waals surface area (Å²) in [7, 11) is 0. The van der Waals surface area contributed by atoms with Crippen LogP contribution in [0, 0.1) is 6.92 Å². The zero-order valence-corrected chi connectivity index (χ0v) is 15.0. The molecule has 128 valence electrons. The highest BCUT2D eigenvalue weighted by molar-refractivity contribution is 6.31. The van der Waals surface area contributed by atoms with Crippen molar-refractivity contribution in [1.29, 1.82) is 0 Å². The molecular formula is C19H18ClN3O2. The number of nitrogens with zero attached hydrogens (tertiary/aromatic N) is 2. The van der Waals surface area contributed by atoms with Gasteiger partial charge in [-0.3, -0.25) is 9.59 Å². The maximum Gasteiger partial charge on any atom is 0.276 e. The van der Waals surface area contributed by atoms with E-state index in [4.69, 9.17) is 11.6 Å². The van der Waals surface area contributed by atoms with Crippen molar-refractivity contribution in [3.63, 3.8) is 0 Å². The molecule has 6 heteroatoms. The highest BCUT2D eigenvalue weighted by atomic mass is 35.5. The van der Waals surface area contributed by atoms with Crippen LogP contribution in [0.15, 0.2) is 47.3 Å². The lowest BCUT2D eigenvalue weighted by molar-refractivity contribution is 0.102. The van der Waals surface area contributed by atoms with Crippen molar-refractivity contribution < 1.29 is 4.79 Å². The van der Waals surface area contributed by atoms with Crippen LogP contribution in [-0.2, 0) is 0 Å². The zero-order valence-electron chi connectivity index (χ0n) is 14.2. The molecule has 0 atom stereocenters. The Morgan fingerprint density at radius 1 is 1.16 bits per heavy atom. The van der Waals surface area contributed by atoms with Crippen molar-refractivity contribution in [2.24, 2.45) is 0 Å². The molecule has 0 unspecified atom stereocenters. The van der Waals surface area contributed by atoms with Crippen LogP contribution in [0.5, 0.6) is 0 Å². The normalized spacial score (nSPS) is 11.1. The number of hydrogen-bond donors (Lipinski definition) is 1. The molecule has 0 spiro atoms. The molecule has 0 radical (unpaired) electrons. The average Bonchev–Trinajstić information content (AvgIpc) is 2.58. The monoisotopic (exact) mass is 355 g/mol. The first kappa shape index (κ1) is 17.2. The summed E-state index contributed by atoms with van der Waals surface area (Å²) in [5, 5.41) is 8.67. The first-order chi connectivity index (χ1) is 11.9. The van der Waals surface area contributed by atoms with E-state index in [9.17, 15) is 9.59 Å². The predicted molar refractivity (Wildman–Crippen MR) is 101 cm³/mol. The van der Waals surface area contributed by atoms with E-state index in [0.717, 1.165) is 5.56 Å². The second-order valence-electron chi connectivity index (χ2n) is 6.16. The van der Waals surface area contributed by atoms with Crippen LogP contribution in [0.25, 0.3) is 10.8 Å². The topological polar surface area (TPSA) is 64.0 Å². The summed E-state index contributed by atoms with van der Waals surface area (Å²) >= 11 is 6.11. The van der Waals surface area contributed by atoms with Crippen LogP contribution in [-0.4, -0.2) is 15.7 Å². The van der Waals surface area contributed by atoms with Gasteiger partial charge in [0.15, 0.2) is 5.69 Å². The fourth-order valence-electron chi connectivity index (χ4n) is 2.59. The minimum absolute atomic E-state index is 0.155. The molecule has 1 N–H and O–H groups in total. The van der Waals surface area contributed by atoms with Gasteiger partial charge in [-0.25, -0.2) is 4.68 Å². The van der Waals surface area contributed by atoms with Crippen LogP contribution in [0.3, 0.4) is 0 Å². The maximum absolute atomic E-state index is 12.8. The minimum atomic E-state index is -0.384. The molecular weight excluding hydrogens is 338 g/mol. The third-order valence-corrected chi connectivity index (χ3v) is 4.37. The SMILES string of the molecule is Cc1ccc(NC(=O)c2nn(C(C)C)c(=O)c3ccccc23)cc1Cl. The molecule has 0 saturated heterocycles. The first-order valence-corrected chi connectivity index (χ1v) is 8.35. The van der Waals surface area contributed by atoms with E-state index in [1.165, 1.54) is 4.68 Å². The van der Waals surface area contributed by atoms with E-state index >= 15 is 0 Å². The molecule has 25 heavy (non-hydrogen) atoms. The summed E-state index contributed by atoms with van der Waals surface area (Å²) in [6, 6.07) is 12.1. The van der Waals surface area contributed by atoms with E-state index in [0.29, 0.717) is 21.5 Å². The van der Waals surface area contributed by atoms with E-state index in [1.807, 2.05) is 26.8 Å². The van der Waals surface area contributed by atoms with Gasteiger partial charge in [-0.1, -0.05) is 35.9 Å². The van der Waals surface area contributed by atoms with Crippen molar-refractivity contribution >= 4 is 34.0 Å². The van der Waals surface area contributed by atoms with Crippen LogP contribution in [0.4, 0.5) is 5.69 Å². The van der Waals surface area contributed by atoms with Gasteiger partial charge in [0, 0.05) is 16.1 Å². The minimum Gasteiger partial charge on any atom is -0.321 e. The zero-order chi connectivity index (χ0) is 18.1. The van der Waals surface area contributed by atoms with Gasteiger partial charge in [0.05, 0.1) is 11.4 Å². The Bertz CT molecular complexity index is 1020. The van der Waals surface area contributed by atoms with E-state index < -0.39 is 0 Å². The fourth-order valence-corrected chi connectivity index (χ4v) is 2.77. The van der Waals surface area contributed by atoms with Gasteiger partial charge in [-0.05, 0) is 44.5 Å². The average molecular weight is 356 g/mol. The summed E-state index contributed by atoms with van der Waals surface area (Å²) in [6.07, 6.45) is 0. The molecule has 1 aromatic heterocycles. The number of amides is 1. The number of halogens is 1. The lowest BCUT2D eigenvalue weighted by Crippen LogP contribution is -2.28. The fraction of sp³-hybridized carbons (Fsp3) is 0.211.